The lowest BCUT2D eigenvalue weighted by molar-refractivity contribution is -0.118. The number of hydrogen-bond acceptors (Lipinski definition) is 6. The maximum absolute atomic E-state index is 15.2. The zero-order valence-corrected chi connectivity index (χ0v) is 21.3. The first-order valence-corrected chi connectivity index (χ1v) is 14.7. The van der Waals surface area contributed by atoms with Gasteiger partial charge in [0.05, 0.1) is 15.5 Å². The van der Waals surface area contributed by atoms with Gasteiger partial charge in [-0.3, -0.25) is 9.78 Å². The van der Waals surface area contributed by atoms with Crippen molar-refractivity contribution in [3.63, 3.8) is 0 Å². The fraction of sp³-hybridized carbons (Fsp3) is 0.154. The molecule has 1 amide bonds. The Bertz CT molecular complexity index is 1750. The number of nitrogens with one attached hydrogen (secondary N) is 1. The van der Waals surface area contributed by atoms with Crippen LogP contribution in [0.25, 0.3) is 21.9 Å². The predicted octanol–water partition coefficient (Wildman–Crippen LogP) is 3.53. The molecular weight excluding hydrogens is 517 g/mol. The van der Waals surface area contributed by atoms with Crippen LogP contribution in [0.5, 0.6) is 0 Å². The van der Waals surface area contributed by atoms with Crippen LogP contribution in [0.15, 0.2) is 88.9 Å². The molecule has 4 aromatic rings. The lowest BCUT2D eigenvalue weighted by Crippen LogP contribution is -2.41. The molecule has 0 unspecified atom stereocenters. The number of benzene rings is 3. The van der Waals surface area contributed by atoms with Gasteiger partial charge in [-0.2, -0.15) is 4.72 Å². The van der Waals surface area contributed by atoms with Crippen LogP contribution in [0.3, 0.4) is 0 Å². The van der Waals surface area contributed by atoms with Gasteiger partial charge < -0.3 is 4.90 Å². The number of pyridine rings is 1. The van der Waals surface area contributed by atoms with Gasteiger partial charge in [0, 0.05) is 41.5 Å². The third kappa shape index (κ3) is 4.73. The minimum atomic E-state index is -4.06. The molecule has 37 heavy (non-hydrogen) atoms. The van der Waals surface area contributed by atoms with Crippen LogP contribution >= 0.6 is 0 Å². The van der Waals surface area contributed by atoms with Gasteiger partial charge in [-0.15, -0.1) is 0 Å². The number of rotatable bonds is 6. The number of nitrogens with zero attached hydrogens (tertiary/aromatic N) is 2. The molecule has 8 nitrogen and oxygen atoms in total. The van der Waals surface area contributed by atoms with Crippen molar-refractivity contribution in [2.75, 3.05) is 17.7 Å². The van der Waals surface area contributed by atoms with Gasteiger partial charge in [-0.05, 0) is 42.3 Å². The van der Waals surface area contributed by atoms with E-state index < -0.39 is 37.6 Å². The minimum absolute atomic E-state index is 0.0106. The zero-order chi connectivity index (χ0) is 26.4. The monoisotopic (exact) mass is 539 g/mol. The van der Waals surface area contributed by atoms with Crippen molar-refractivity contribution in [2.45, 2.75) is 22.3 Å². The number of sulfonamides is 1. The molecule has 5 rings (SSSR count). The molecule has 3 aromatic carbocycles. The molecular formula is C26H22FN3O5S2. The number of fused-ring (bicyclic) bond motifs is 1. The Balaban J connectivity index is 1.40. The quantitative estimate of drug-likeness (QED) is 0.401. The molecule has 1 atom stereocenters. The summed E-state index contributed by atoms with van der Waals surface area (Å²) in [6.07, 6.45) is 4.28. The topological polar surface area (TPSA) is 114 Å². The van der Waals surface area contributed by atoms with Gasteiger partial charge in [0.1, 0.15) is 11.9 Å². The van der Waals surface area contributed by atoms with Gasteiger partial charge >= 0.3 is 0 Å². The molecule has 0 radical (unpaired) electrons. The van der Waals surface area contributed by atoms with Crippen molar-refractivity contribution in [2.24, 2.45) is 0 Å². The van der Waals surface area contributed by atoms with Crippen LogP contribution in [-0.2, 0) is 24.7 Å². The number of aromatic nitrogens is 1. The molecule has 1 N–H and O–H groups in total. The summed E-state index contributed by atoms with van der Waals surface area (Å²) in [6.45, 7) is 0.113. The Morgan fingerprint density at radius 1 is 0.973 bits per heavy atom. The maximum atomic E-state index is 15.2. The molecule has 2 heterocycles. The second-order valence-electron chi connectivity index (χ2n) is 8.74. The van der Waals surface area contributed by atoms with Crippen molar-refractivity contribution >= 4 is 42.2 Å². The summed E-state index contributed by atoms with van der Waals surface area (Å²) in [7, 11) is -7.60. The van der Waals surface area contributed by atoms with Crippen molar-refractivity contribution < 1.29 is 26.0 Å². The summed E-state index contributed by atoms with van der Waals surface area (Å²) in [5.74, 6) is -1.30. The van der Waals surface area contributed by atoms with Crippen molar-refractivity contribution in [3.05, 3.63) is 84.9 Å². The number of hydrogen-bond donors (Lipinski definition) is 1. The number of carbonyl (C=O) groups is 1. The van der Waals surface area contributed by atoms with Crippen LogP contribution in [0.2, 0.25) is 0 Å². The Morgan fingerprint density at radius 3 is 2.49 bits per heavy atom. The van der Waals surface area contributed by atoms with Crippen molar-refractivity contribution in [1.82, 2.24) is 9.71 Å². The van der Waals surface area contributed by atoms with E-state index in [2.05, 4.69) is 9.71 Å². The standard InChI is InChI=1S/C26H22FN3O5S2/c1-36(32,33)24-7-3-2-6-19(24)17-9-10-23(21(27)15-17)30-14-12-22(26(30)31)29-37(34,35)25-8-4-5-18-16-28-13-11-20(18)25/h2-11,13,15-16,22,29H,12,14H2,1H3/t22-/m0/s1. The van der Waals surface area contributed by atoms with E-state index in [0.717, 1.165) is 6.26 Å². The van der Waals surface area contributed by atoms with E-state index >= 15 is 4.39 Å². The van der Waals surface area contributed by atoms with Crippen molar-refractivity contribution in [1.29, 1.82) is 0 Å². The third-order valence-corrected chi connectivity index (χ3v) is 8.95. The summed E-state index contributed by atoms with van der Waals surface area (Å²) in [4.78, 5) is 18.4. The molecule has 0 aliphatic carbocycles. The molecule has 1 saturated heterocycles. The first kappa shape index (κ1) is 25.0. The van der Waals surface area contributed by atoms with E-state index in [1.807, 2.05) is 0 Å². The summed E-state index contributed by atoms with van der Waals surface area (Å²) in [6, 6.07) is 15.7. The van der Waals surface area contributed by atoms with E-state index in [9.17, 15) is 21.6 Å². The molecule has 190 valence electrons. The molecule has 0 spiro atoms. The lowest BCUT2D eigenvalue weighted by Gasteiger charge is -2.19. The molecule has 1 fully saturated rings. The number of anilines is 1. The van der Waals surface area contributed by atoms with Crippen molar-refractivity contribution in [3.8, 4) is 11.1 Å². The van der Waals surface area contributed by atoms with E-state index in [1.54, 1.807) is 42.6 Å². The van der Waals surface area contributed by atoms with Gasteiger partial charge in [0.25, 0.3) is 0 Å². The van der Waals surface area contributed by atoms with E-state index in [1.165, 1.54) is 41.4 Å². The number of sulfone groups is 1. The third-order valence-electron chi connectivity index (χ3n) is 6.27. The highest BCUT2D eigenvalue weighted by Crippen LogP contribution is 2.33. The summed E-state index contributed by atoms with van der Waals surface area (Å²) >= 11 is 0. The average Bonchev–Trinajstić information content (AvgIpc) is 3.22. The molecule has 1 aliphatic rings. The highest BCUT2D eigenvalue weighted by atomic mass is 32.2. The van der Waals surface area contributed by atoms with Crippen LogP contribution in [0.1, 0.15) is 6.42 Å². The predicted molar refractivity (Wildman–Crippen MR) is 138 cm³/mol. The molecule has 1 aromatic heterocycles. The van der Waals surface area contributed by atoms with Crippen LogP contribution in [-0.4, -0.2) is 46.6 Å². The van der Waals surface area contributed by atoms with Gasteiger partial charge in [-0.25, -0.2) is 21.2 Å². The van der Waals surface area contributed by atoms with Crippen LogP contribution < -0.4 is 9.62 Å². The maximum Gasteiger partial charge on any atom is 0.245 e. The molecule has 0 saturated carbocycles. The Hall–Kier alpha value is -3.67. The summed E-state index contributed by atoms with van der Waals surface area (Å²) in [5.41, 5.74) is 0.680. The first-order valence-electron chi connectivity index (χ1n) is 11.3. The fourth-order valence-corrected chi connectivity index (χ4v) is 6.89. The minimum Gasteiger partial charge on any atom is -0.308 e. The molecule has 0 bridgehead atoms. The highest BCUT2D eigenvalue weighted by molar-refractivity contribution is 7.91. The zero-order valence-electron chi connectivity index (χ0n) is 19.6. The lowest BCUT2D eigenvalue weighted by atomic mass is 10.0. The Labute approximate surface area is 213 Å². The van der Waals surface area contributed by atoms with E-state index in [0.29, 0.717) is 21.9 Å². The van der Waals surface area contributed by atoms with Crippen LogP contribution in [0.4, 0.5) is 10.1 Å². The average molecular weight is 540 g/mol. The van der Waals surface area contributed by atoms with E-state index in [-0.39, 0.29) is 28.4 Å². The second kappa shape index (κ2) is 9.33. The second-order valence-corrected chi connectivity index (χ2v) is 12.4. The highest BCUT2D eigenvalue weighted by Gasteiger charge is 2.37. The van der Waals surface area contributed by atoms with Gasteiger partial charge in [0.15, 0.2) is 9.84 Å². The largest absolute Gasteiger partial charge is 0.308 e. The number of carbonyl (C=O) groups excluding carboxylic acids is 1. The number of amides is 1. The van der Waals surface area contributed by atoms with Gasteiger partial charge in [0.2, 0.25) is 15.9 Å². The summed E-state index contributed by atoms with van der Waals surface area (Å²) in [5, 5.41) is 1.12. The normalized spacial score (nSPS) is 16.4. The first-order chi connectivity index (χ1) is 17.6. The fourth-order valence-electron chi connectivity index (χ4n) is 4.53. The van der Waals surface area contributed by atoms with E-state index in [4.69, 9.17) is 0 Å². The SMILES string of the molecule is CS(=O)(=O)c1ccccc1-c1ccc(N2CC[C@H](NS(=O)(=O)c3cccc4cnccc34)C2=O)c(F)c1. The molecule has 1 aliphatic heterocycles. The Morgan fingerprint density at radius 2 is 1.73 bits per heavy atom. The smallest absolute Gasteiger partial charge is 0.245 e. The Kier molecular flexibility index (Phi) is 6.30. The number of halogens is 1. The molecule has 11 heteroatoms. The summed E-state index contributed by atoms with van der Waals surface area (Å²) < 4.78 is 68.3. The van der Waals surface area contributed by atoms with Crippen LogP contribution in [0, 0.1) is 5.82 Å². The van der Waals surface area contributed by atoms with Gasteiger partial charge in [-0.1, -0.05) is 36.4 Å².